The molecule has 3 aromatic rings. The number of nitrogens with one attached hydrogen (secondary N) is 1. The molecule has 4 rings (SSSR count). The first-order valence-electron chi connectivity index (χ1n) is 12.1. The molecule has 1 aliphatic heterocycles. The molecule has 1 aliphatic rings. The summed E-state index contributed by atoms with van der Waals surface area (Å²) in [6.45, 7) is 3.46. The van der Waals surface area contributed by atoms with Gasteiger partial charge in [-0.2, -0.15) is 9.65 Å². The van der Waals surface area contributed by atoms with Crippen LogP contribution in [-0.4, -0.2) is 34.7 Å². The number of pyridine rings is 2. The highest BCUT2D eigenvalue weighted by Crippen LogP contribution is 2.26. The minimum absolute atomic E-state index is 0.0762. The predicted octanol–water partition coefficient (Wildman–Crippen LogP) is 4.92. The van der Waals surface area contributed by atoms with Crippen LogP contribution in [0.15, 0.2) is 54.9 Å². The van der Waals surface area contributed by atoms with Gasteiger partial charge < -0.3 is 15.0 Å². The first-order chi connectivity index (χ1) is 17.4. The summed E-state index contributed by atoms with van der Waals surface area (Å²) in [5.41, 5.74) is 3.16. The maximum absolute atomic E-state index is 13.5. The average Bonchev–Trinajstić information content (AvgIpc) is 3.09. The normalized spacial score (nSPS) is 15.6. The summed E-state index contributed by atoms with van der Waals surface area (Å²) in [5.74, 6) is 0.284. The van der Waals surface area contributed by atoms with Crippen molar-refractivity contribution in [3.63, 3.8) is 0 Å². The molecule has 0 bridgehead atoms. The zero-order chi connectivity index (χ0) is 25.5. The van der Waals surface area contributed by atoms with Crippen LogP contribution in [0.3, 0.4) is 0 Å². The Morgan fingerprint density at radius 2 is 2.00 bits per heavy atom. The highest BCUT2D eigenvalue weighted by Gasteiger charge is 2.19. The van der Waals surface area contributed by atoms with Crippen molar-refractivity contribution in [1.29, 1.82) is 5.26 Å². The molecule has 7 nitrogen and oxygen atoms in total. The molecule has 1 N–H and O–H groups in total. The molecule has 0 spiro atoms. The molecule has 0 saturated carbocycles. The van der Waals surface area contributed by atoms with Crippen molar-refractivity contribution in [2.45, 2.75) is 39.0 Å². The lowest BCUT2D eigenvalue weighted by Crippen LogP contribution is -2.24. The zero-order valence-electron chi connectivity index (χ0n) is 20.2. The summed E-state index contributed by atoms with van der Waals surface area (Å²) in [6, 6.07) is 13.9. The van der Waals surface area contributed by atoms with Crippen LogP contribution in [0.1, 0.15) is 43.7 Å². The van der Waals surface area contributed by atoms with Crippen molar-refractivity contribution in [2.24, 2.45) is 5.92 Å². The Morgan fingerprint density at radius 1 is 1.14 bits per heavy atom. The smallest absolute Gasteiger partial charge is 0.229 e. The number of benzene rings is 1. The molecular weight excluding hydrogens is 457 g/mol. The highest BCUT2D eigenvalue weighted by molar-refractivity contribution is 5.91. The van der Waals surface area contributed by atoms with Gasteiger partial charge in [-0.3, -0.25) is 4.79 Å². The van der Waals surface area contributed by atoms with Crippen LogP contribution in [0.5, 0.6) is 0 Å². The van der Waals surface area contributed by atoms with E-state index in [4.69, 9.17) is 0 Å². The SMILES string of the molecule is CC(=O)CC1CCCN(c2ccc(NC(=O)Cc3ccc(-c4ccnc(F)c4)c(C#N)c3)nc2)CC1. The van der Waals surface area contributed by atoms with E-state index in [-0.39, 0.29) is 18.1 Å². The lowest BCUT2D eigenvalue weighted by atomic mass is 9.95. The van der Waals surface area contributed by atoms with Crippen LogP contribution < -0.4 is 10.2 Å². The van der Waals surface area contributed by atoms with E-state index < -0.39 is 5.95 Å². The standard InChI is InChI=1S/C28H28FN5O2/c1-19(35)13-20-3-2-11-34(12-9-20)24-5-7-27(32-18-24)33-28(36)15-21-4-6-25(23(14-21)17-30)22-8-10-31-26(29)16-22/h4-8,10,14,16,18,20H,2-3,9,11-13,15H2,1H3,(H,32,33,36). The topological polar surface area (TPSA) is 99.0 Å². The van der Waals surface area contributed by atoms with Crippen molar-refractivity contribution >= 4 is 23.2 Å². The summed E-state index contributed by atoms with van der Waals surface area (Å²) in [7, 11) is 0. The van der Waals surface area contributed by atoms with Gasteiger partial charge in [0.2, 0.25) is 11.9 Å². The molecule has 1 unspecified atom stereocenters. The molecule has 1 amide bonds. The lowest BCUT2D eigenvalue weighted by Gasteiger charge is -2.22. The fourth-order valence-electron chi connectivity index (χ4n) is 4.67. The van der Waals surface area contributed by atoms with Crippen LogP contribution in [0.2, 0.25) is 0 Å². The van der Waals surface area contributed by atoms with E-state index in [2.05, 4.69) is 26.3 Å². The fourth-order valence-corrected chi connectivity index (χ4v) is 4.67. The first kappa shape index (κ1) is 25.0. The van der Waals surface area contributed by atoms with E-state index in [0.717, 1.165) is 38.0 Å². The summed E-state index contributed by atoms with van der Waals surface area (Å²) >= 11 is 0. The minimum Gasteiger partial charge on any atom is -0.370 e. The summed E-state index contributed by atoms with van der Waals surface area (Å²) in [4.78, 5) is 34.3. The third-order valence-corrected chi connectivity index (χ3v) is 6.41. The number of rotatable bonds is 7. The molecule has 0 radical (unpaired) electrons. The Labute approximate surface area is 210 Å². The Kier molecular flexibility index (Phi) is 8.01. The van der Waals surface area contributed by atoms with Gasteiger partial charge in [0.05, 0.1) is 29.9 Å². The quantitative estimate of drug-likeness (QED) is 0.477. The van der Waals surface area contributed by atoms with E-state index in [1.807, 2.05) is 6.07 Å². The maximum atomic E-state index is 13.5. The molecule has 8 heteroatoms. The minimum atomic E-state index is -0.619. The molecule has 1 saturated heterocycles. The number of carbonyl (C=O) groups is 2. The Bertz CT molecular complexity index is 1290. The number of Topliss-reactive ketones (excluding diaryl/α,β-unsaturated/α-hetero) is 1. The third-order valence-electron chi connectivity index (χ3n) is 6.41. The maximum Gasteiger partial charge on any atom is 0.229 e. The Balaban J connectivity index is 1.36. The molecular formula is C28H28FN5O2. The van der Waals surface area contributed by atoms with E-state index in [1.165, 1.54) is 12.3 Å². The third kappa shape index (κ3) is 6.51. The highest BCUT2D eigenvalue weighted by atomic mass is 19.1. The monoisotopic (exact) mass is 485 g/mol. The van der Waals surface area contributed by atoms with Crippen molar-refractivity contribution in [3.8, 4) is 17.2 Å². The van der Waals surface area contributed by atoms with Gasteiger partial charge in [0.15, 0.2) is 0 Å². The summed E-state index contributed by atoms with van der Waals surface area (Å²) in [6.07, 6.45) is 6.92. The molecule has 3 heterocycles. The fraction of sp³-hybridized carbons (Fsp3) is 0.321. The van der Waals surface area contributed by atoms with Gasteiger partial charge in [-0.1, -0.05) is 12.1 Å². The number of hydrogen-bond donors (Lipinski definition) is 1. The number of aromatic nitrogens is 2. The largest absolute Gasteiger partial charge is 0.370 e. The molecule has 2 aromatic heterocycles. The lowest BCUT2D eigenvalue weighted by molar-refractivity contribution is -0.118. The van der Waals surface area contributed by atoms with E-state index in [0.29, 0.717) is 40.4 Å². The number of nitrogens with zero attached hydrogens (tertiary/aromatic N) is 4. The van der Waals surface area contributed by atoms with Crippen LogP contribution in [0, 0.1) is 23.2 Å². The second-order valence-electron chi connectivity index (χ2n) is 9.18. The number of anilines is 2. The van der Waals surface area contributed by atoms with Crippen LogP contribution in [0.25, 0.3) is 11.1 Å². The molecule has 0 aliphatic carbocycles. The van der Waals surface area contributed by atoms with Crippen LogP contribution in [-0.2, 0) is 16.0 Å². The number of hydrogen-bond acceptors (Lipinski definition) is 6. The number of nitriles is 1. The Morgan fingerprint density at radius 3 is 2.72 bits per heavy atom. The summed E-state index contributed by atoms with van der Waals surface area (Å²) < 4.78 is 13.5. The van der Waals surface area contributed by atoms with E-state index in [1.54, 1.807) is 43.5 Å². The molecule has 184 valence electrons. The van der Waals surface area contributed by atoms with Crippen molar-refractivity contribution in [1.82, 2.24) is 9.97 Å². The van der Waals surface area contributed by atoms with Crippen molar-refractivity contribution in [2.75, 3.05) is 23.3 Å². The summed E-state index contributed by atoms with van der Waals surface area (Å²) in [5, 5.41) is 12.4. The van der Waals surface area contributed by atoms with Crippen LogP contribution in [0.4, 0.5) is 15.9 Å². The molecule has 1 aromatic carbocycles. The van der Waals surface area contributed by atoms with Gasteiger partial charge in [-0.05, 0) is 73.1 Å². The van der Waals surface area contributed by atoms with Crippen LogP contribution >= 0.6 is 0 Å². The molecule has 1 atom stereocenters. The van der Waals surface area contributed by atoms with Gasteiger partial charge in [0.25, 0.3) is 0 Å². The second kappa shape index (κ2) is 11.5. The number of carbonyl (C=O) groups excluding carboxylic acids is 2. The first-order valence-corrected chi connectivity index (χ1v) is 12.1. The van der Waals surface area contributed by atoms with Gasteiger partial charge in [-0.25, -0.2) is 9.97 Å². The average molecular weight is 486 g/mol. The second-order valence-corrected chi connectivity index (χ2v) is 9.18. The van der Waals surface area contributed by atoms with Gasteiger partial charge in [-0.15, -0.1) is 0 Å². The van der Waals surface area contributed by atoms with Gasteiger partial charge in [0, 0.05) is 31.8 Å². The number of halogens is 1. The molecule has 1 fully saturated rings. The van der Waals surface area contributed by atoms with Crippen molar-refractivity contribution in [3.05, 3.63) is 71.9 Å². The predicted molar refractivity (Wildman–Crippen MR) is 136 cm³/mol. The zero-order valence-corrected chi connectivity index (χ0v) is 20.2. The molecule has 36 heavy (non-hydrogen) atoms. The van der Waals surface area contributed by atoms with Crippen molar-refractivity contribution < 1.29 is 14.0 Å². The van der Waals surface area contributed by atoms with E-state index >= 15 is 0 Å². The van der Waals surface area contributed by atoms with Gasteiger partial charge in [0.1, 0.15) is 11.6 Å². The Hall–Kier alpha value is -4.12. The number of ketones is 1. The number of amides is 1. The van der Waals surface area contributed by atoms with E-state index in [9.17, 15) is 19.2 Å². The van der Waals surface area contributed by atoms with Gasteiger partial charge >= 0.3 is 0 Å².